The summed E-state index contributed by atoms with van der Waals surface area (Å²) in [7, 11) is 0. The minimum atomic E-state index is -0.446. The van der Waals surface area contributed by atoms with Crippen molar-refractivity contribution in [2.45, 2.75) is 39.3 Å². The average molecular weight is 250 g/mol. The second kappa shape index (κ2) is 5.83. The van der Waals surface area contributed by atoms with Crippen molar-refractivity contribution >= 4 is 0 Å². The van der Waals surface area contributed by atoms with Gasteiger partial charge in [0.05, 0.1) is 25.9 Å². The van der Waals surface area contributed by atoms with Gasteiger partial charge in [-0.05, 0) is 19.4 Å². The van der Waals surface area contributed by atoms with Gasteiger partial charge in [-0.3, -0.25) is 0 Å². The van der Waals surface area contributed by atoms with Crippen molar-refractivity contribution in [3.05, 3.63) is 35.9 Å². The van der Waals surface area contributed by atoms with Crippen LogP contribution in [0.4, 0.5) is 0 Å². The van der Waals surface area contributed by atoms with E-state index in [4.69, 9.17) is 14.2 Å². The van der Waals surface area contributed by atoms with Crippen LogP contribution in [-0.4, -0.2) is 25.1 Å². The lowest BCUT2D eigenvalue weighted by molar-refractivity contribution is -0.146. The molecule has 3 heteroatoms. The van der Waals surface area contributed by atoms with Crippen LogP contribution in [0.15, 0.2) is 30.3 Å². The highest BCUT2D eigenvalue weighted by Gasteiger charge is 2.35. The van der Waals surface area contributed by atoms with Gasteiger partial charge in [0.25, 0.3) is 0 Å². The molecule has 2 atom stereocenters. The second-order valence-electron chi connectivity index (χ2n) is 5.35. The number of rotatable bonds is 5. The maximum Gasteiger partial charge on any atom is 0.163 e. The number of ether oxygens (including phenoxy) is 3. The molecule has 3 nitrogen and oxygen atoms in total. The standard InChI is InChI=1S/C15H22O3/c1-12(14-11-17-15(2,3)18-14)9-16-10-13-7-5-4-6-8-13/h4-8,12,14H,9-11H2,1-3H3/t12-,14+/m1/s1. The van der Waals surface area contributed by atoms with Gasteiger partial charge in [-0.25, -0.2) is 0 Å². The largest absolute Gasteiger partial charge is 0.376 e. The van der Waals surface area contributed by atoms with Crippen LogP contribution >= 0.6 is 0 Å². The fraction of sp³-hybridized carbons (Fsp3) is 0.600. The van der Waals surface area contributed by atoms with Crippen LogP contribution in [0, 0.1) is 5.92 Å². The molecule has 1 aliphatic rings. The van der Waals surface area contributed by atoms with Gasteiger partial charge in [-0.15, -0.1) is 0 Å². The highest BCUT2D eigenvalue weighted by molar-refractivity contribution is 5.13. The summed E-state index contributed by atoms with van der Waals surface area (Å²) in [5.41, 5.74) is 1.20. The van der Waals surface area contributed by atoms with E-state index in [0.717, 1.165) is 0 Å². The first-order valence-corrected chi connectivity index (χ1v) is 6.50. The predicted molar refractivity (Wildman–Crippen MR) is 70.2 cm³/mol. The predicted octanol–water partition coefficient (Wildman–Crippen LogP) is 2.99. The van der Waals surface area contributed by atoms with Crippen LogP contribution in [0.25, 0.3) is 0 Å². The molecule has 0 saturated carbocycles. The van der Waals surface area contributed by atoms with Crippen LogP contribution < -0.4 is 0 Å². The van der Waals surface area contributed by atoms with E-state index in [9.17, 15) is 0 Å². The molecular formula is C15H22O3. The Bertz CT molecular complexity index is 361. The lowest BCUT2D eigenvalue weighted by Gasteiger charge is -2.21. The van der Waals surface area contributed by atoms with Gasteiger partial charge in [0, 0.05) is 5.92 Å². The van der Waals surface area contributed by atoms with Gasteiger partial charge < -0.3 is 14.2 Å². The molecule has 1 aromatic carbocycles. The summed E-state index contributed by atoms with van der Waals surface area (Å²) in [6.07, 6.45) is 0.135. The van der Waals surface area contributed by atoms with Gasteiger partial charge in [0.15, 0.2) is 5.79 Å². The monoisotopic (exact) mass is 250 g/mol. The van der Waals surface area contributed by atoms with Gasteiger partial charge in [-0.2, -0.15) is 0 Å². The number of hydrogen-bond acceptors (Lipinski definition) is 3. The molecule has 1 heterocycles. The zero-order chi connectivity index (χ0) is 13.0. The number of benzene rings is 1. The van der Waals surface area contributed by atoms with Crippen molar-refractivity contribution in [2.24, 2.45) is 5.92 Å². The third kappa shape index (κ3) is 3.80. The zero-order valence-electron chi connectivity index (χ0n) is 11.4. The number of hydrogen-bond donors (Lipinski definition) is 0. The molecular weight excluding hydrogens is 228 g/mol. The lowest BCUT2D eigenvalue weighted by atomic mass is 10.1. The van der Waals surface area contributed by atoms with E-state index < -0.39 is 5.79 Å². The minimum Gasteiger partial charge on any atom is -0.376 e. The van der Waals surface area contributed by atoms with Gasteiger partial charge in [0.2, 0.25) is 0 Å². The Morgan fingerprint density at radius 2 is 2.06 bits per heavy atom. The van der Waals surface area contributed by atoms with Crippen molar-refractivity contribution in [3.8, 4) is 0 Å². The molecule has 1 fully saturated rings. The van der Waals surface area contributed by atoms with Crippen molar-refractivity contribution in [2.75, 3.05) is 13.2 Å². The molecule has 1 aromatic rings. The molecule has 0 radical (unpaired) electrons. The van der Waals surface area contributed by atoms with Crippen LogP contribution in [-0.2, 0) is 20.8 Å². The Morgan fingerprint density at radius 1 is 1.33 bits per heavy atom. The summed E-state index contributed by atoms with van der Waals surface area (Å²) < 4.78 is 17.1. The topological polar surface area (TPSA) is 27.7 Å². The minimum absolute atomic E-state index is 0.135. The molecule has 0 unspecified atom stereocenters. The Morgan fingerprint density at radius 3 is 2.67 bits per heavy atom. The molecule has 18 heavy (non-hydrogen) atoms. The molecule has 1 saturated heterocycles. The van der Waals surface area contributed by atoms with E-state index in [2.05, 4.69) is 19.1 Å². The van der Waals surface area contributed by atoms with Crippen LogP contribution in [0.1, 0.15) is 26.3 Å². The Hall–Kier alpha value is -0.900. The summed E-state index contributed by atoms with van der Waals surface area (Å²) >= 11 is 0. The molecule has 0 spiro atoms. The van der Waals surface area contributed by atoms with E-state index in [0.29, 0.717) is 25.7 Å². The van der Waals surface area contributed by atoms with Crippen LogP contribution in [0.5, 0.6) is 0 Å². The van der Waals surface area contributed by atoms with E-state index in [1.807, 2.05) is 32.0 Å². The molecule has 100 valence electrons. The van der Waals surface area contributed by atoms with Gasteiger partial charge >= 0.3 is 0 Å². The van der Waals surface area contributed by atoms with Crippen LogP contribution in [0.3, 0.4) is 0 Å². The first-order chi connectivity index (χ1) is 8.57. The van der Waals surface area contributed by atoms with Crippen molar-refractivity contribution in [3.63, 3.8) is 0 Å². The van der Waals surface area contributed by atoms with Gasteiger partial charge in [0.1, 0.15) is 0 Å². The fourth-order valence-corrected chi connectivity index (χ4v) is 2.04. The highest BCUT2D eigenvalue weighted by Crippen LogP contribution is 2.26. The maximum absolute atomic E-state index is 5.81. The third-order valence-electron chi connectivity index (χ3n) is 3.16. The highest BCUT2D eigenvalue weighted by atomic mass is 16.7. The normalized spacial score (nSPS) is 24.1. The Kier molecular flexibility index (Phi) is 4.38. The summed E-state index contributed by atoms with van der Waals surface area (Å²) in [6.45, 7) is 8.04. The molecule has 2 rings (SSSR count). The summed E-state index contributed by atoms with van der Waals surface area (Å²) in [5, 5.41) is 0. The zero-order valence-corrected chi connectivity index (χ0v) is 11.4. The molecule has 0 aliphatic carbocycles. The van der Waals surface area contributed by atoms with Crippen molar-refractivity contribution in [1.29, 1.82) is 0 Å². The Labute approximate surface area is 109 Å². The Balaban J connectivity index is 1.71. The third-order valence-corrected chi connectivity index (χ3v) is 3.16. The van der Waals surface area contributed by atoms with Crippen LogP contribution in [0.2, 0.25) is 0 Å². The SMILES string of the molecule is C[C@H](COCc1ccccc1)[C@@H]1COC(C)(C)O1. The molecule has 0 amide bonds. The summed E-state index contributed by atoms with van der Waals surface area (Å²) in [4.78, 5) is 0. The summed E-state index contributed by atoms with van der Waals surface area (Å²) in [5.74, 6) is -0.103. The summed E-state index contributed by atoms with van der Waals surface area (Å²) in [6, 6.07) is 10.2. The van der Waals surface area contributed by atoms with E-state index in [1.165, 1.54) is 5.56 Å². The first-order valence-electron chi connectivity index (χ1n) is 6.50. The average Bonchev–Trinajstić information content (AvgIpc) is 2.71. The maximum atomic E-state index is 5.81. The molecule has 0 aromatic heterocycles. The molecule has 0 bridgehead atoms. The van der Waals surface area contributed by atoms with Gasteiger partial charge in [-0.1, -0.05) is 37.3 Å². The van der Waals surface area contributed by atoms with E-state index in [-0.39, 0.29) is 6.10 Å². The first kappa shape index (κ1) is 13.5. The van der Waals surface area contributed by atoms with E-state index >= 15 is 0 Å². The van der Waals surface area contributed by atoms with Crippen molar-refractivity contribution < 1.29 is 14.2 Å². The van der Waals surface area contributed by atoms with Crippen molar-refractivity contribution in [1.82, 2.24) is 0 Å². The quantitative estimate of drug-likeness (QED) is 0.804. The molecule has 1 aliphatic heterocycles. The molecule has 0 N–H and O–H groups in total. The lowest BCUT2D eigenvalue weighted by Crippen LogP contribution is -2.27. The van der Waals surface area contributed by atoms with E-state index in [1.54, 1.807) is 0 Å². The fourth-order valence-electron chi connectivity index (χ4n) is 2.04. The second-order valence-corrected chi connectivity index (χ2v) is 5.35. The smallest absolute Gasteiger partial charge is 0.163 e.